The maximum absolute atomic E-state index is 8.12. The predicted octanol–water partition coefficient (Wildman–Crippen LogP) is 10.9. The molecule has 41 heavy (non-hydrogen) atoms. The predicted molar refractivity (Wildman–Crippen MR) is 173 cm³/mol. The molecule has 3 aromatic carbocycles. The summed E-state index contributed by atoms with van der Waals surface area (Å²) in [5.41, 5.74) is 8.25. The summed E-state index contributed by atoms with van der Waals surface area (Å²) in [6, 6.07) is 27.7. The molecule has 0 aliphatic heterocycles. The van der Waals surface area contributed by atoms with Crippen LogP contribution in [0, 0.1) is 6.92 Å². The van der Waals surface area contributed by atoms with Crippen molar-refractivity contribution in [3.63, 3.8) is 0 Å². The Morgan fingerprint density at radius 1 is 0.537 bits per heavy atom. The molecule has 3 rings (SSSR count). The van der Waals surface area contributed by atoms with Gasteiger partial charge in [0, 0.05) is 10.8 Å². The van der Waals surface area contributed by atoms with Gasteiger partial charge in [0.2, 0.25) is 0 Å². The minimum Gasteiger partial charge on any atom is -0.186 e. The Labute approximate surface area is 251 Å². The van der Waals surface area contributed by atoms with Gasteiger partial charge in [0.15, 0.2) is 0 Å². The average Bonchev–Trinajstić information content (AvgIpc) is 2.97. The zero-order valence-corrected chi connectivity index (χ0v) is 26.7. The highest BCUT2D eigenvalue weighted by atomic mass is 16.2. The standard InChI is InChI=1S/C38H54.CO2/c1-7-8-9-10-11-12-13-14-15-16-17-19-32-24-28-34(29-25-32)38(5,6)36-21-18-20-35(30-36)37(3,4)33-26-22-31(2)23-27-33;2-1-3/h18,20-30H,7-17,19H2,1-6H3;. The van der Waals surface area contributed by atoms with Crippen LogP contribution in [0.1, 0.15) is 139 Å². The van der Waals surface area contributed by atoms with Crippen molar-refractivity contribution in [2.75, 3.05) is 0 Å². The molecule has 0 atom stereocenters. The molecule has 0 saturated heterocycles. The Hall–Kier alpha value is -2.96. The van der Waals surface area contributed by atoms with E-state index in [0.717, 1.165) is 0 Å². The number of carbonyl (C=O) groups excluding carboxylic acids is 2. The fraction of sp³-hybridized carbons (Fsp3) is 0.513. The molecule has 0 amide bonds. The van der Waals surface area contributed by atoms with E-state index in [9.17, 15) is 0 Å². The highest BCUT2D eigenvalue weighted by Crippen LogP contribution is 2.37. The summed E-state index contributed by atoms with van der Waals surface area (Å²) in [5.74, 6) is 0. The van der Waals surface area contributed by atoms with Crippen LogP contribution >= 0.6 is 0 Å². The summed E-state index contributed by atoms with van der Waals surface area (Å²) in [6.07, 6.45) is 16.9. The van der Waals surface area contributed by atoms with Gasteiger partial charge in [-0.25, -0.2) is 0 Å². The first-order valence-electron chi connectivity index (χ1n) is 15.9. The number of unbranched alkanes of at least 4 members (excludes halogenated alkanes) is 10. The lowest BCUT2D eigenvalue weighted by atomic mass is 9.73. The van der Waals surface area contributed by atoms with E-state index in [2.05, 4.69) is 114 Å². The molecule has 0 aliphatic carbocycles. The molecule has 0 N–H and O–H groups in total. The number of aryl methyl sites for hydroxylation is 2. The molecule has 222 valence electrons. The summed E-state index contributed by atoms with van der Waals surface area (Å²) < 4.78 is 0. The molecule has 0 aromatic heterocycles. The zero-order valence-electron chi connectivity index (χ0n) is 26.7. The van der Waals surface area contributed by atoms with E-state index in [4.69, 9.17) is 9.59 Å². The van der Waals surface area contributed by atoms with Gasteiger partial charge in [0.05, 0.1) is 0 Å². The third kappa shape index (κ3) is 11.1. The maximum Gasteiger partial charge on any atom is 0.373 e. The second-order valence-electron chi connectivity index (χ2n) is 12.8. The van der Waals surface area contributed by atoms with Gasteiger partial charge < -0.3 is 0 Å². The molecule has 0 radical (unpaired) electrons. The fourth-order valence-corrected chi connectivity index (χ4v) is 5.68. The van der Waals surface area contributed by atoms with Gasteiger partial charge in [0.1, 0.15) is 0 Å². The first-order chi connectivity index (χ1) is 19.7. The Bertz CT molecular complexity index is 1160. The Morgan fingerprint density at radius 3 is 1.37 bits per heavy atom. The fourth-order valence-electron chi connectivity index (χ4n) is 5.68. The van der Waals surface area contributed by atoms with Crippen molar-refractivity contribution in [3.05, 3.63) is 106 Å². The number of benzene rings is 3. The zero-order chi connectivity index (χ0) is 30.1. The van der Waals surface area contributed by atoms with Gasteiger partial charge >= 0.3 is 6.15 Å². The lowest BCUT2D eigenvalue weighted by molar-refractivity contribution is -0.191. The summed E-state index contributed by atoms with van der Waals surface area (Å²) in [4.78, 5) is 16.2. The molecule has 0 spiro atoms. The minimum atomic E-state index is -0.0333. The van der Waals surface area contributed by atoms with Gasteiger partial charge in [-0.05, 0) is 47.6 Å². The molecule has 0 unspecified atom stereocenters. The Balaban J connectivity index is 0.00000187. The maximum atomic E-state index is 8.12. The Morgan fingerprint density at radius 2 is 0.927 bits per heavy atom. The third-order valence-electron chi connectivity index (χ3n) is 8.82. The summed E-state index contributed by atoms with van der Waals surface area (Å²) >= 11 is 0. The SMILES string of the molecule is CCCCCCCCCCCCCc1ccc(C(C)(C)c2cccc(C(C)(C)c3ccc(C)cc3)c2)cc1.O=C=O. The average molecular weight is 555 g/mol. The van der Waals surface area contributed by atoms with Gasteiger partial charge in [-0.1, -0.05) is 177 Å². The quantitative estimate of drug-likeness (QED) is 0.165. The highest BCUT2D eigenvalue weighted by molar-refractivity contribution is 5.45. The van der Waals surface area contributed by atoms with E-state index < -0.39 is 0 Å². The van der Waals surface area contributed by atoms with Gasteiger partial charge in [0.25, 0.3) is 0 Å². The van der Waals surface area contributed by atoms with Crippen LogP contribution in [0.25, 0.3) is 0 Å². The van der Waals surface area contributed by atoms with Gasteiger partial charge in [-0.2, -0.15) is 9.59 Å². The topological polar surface area (TPSA) is 34.1 Å². The molecule has 0 fully saturated rings. The largest absolute Gasteiger partial charge is 0.373 e. The lowest BCUT2D eigenvalue weighted by Gasteiger charge is -2.31. The first kappa shape index (κ1) is 34.2. The number of rotatable bonds is 16. The van der Waals surface area contributed by atoms with Crippen LogP contribution in [0.3, 0.4) is 0 Å². The van der Waals surface area contributed by atoms with E-state index in [-0.39, 0.29) is 17.0 Å². The Kier molecular flexibility index (Phi) is 14.8. The van der Waals surface area contributed by atoms with Gasteiger partial charge in [-0.15, -0.1) is 0 Å². The third-order valence-corrected chi connectivity index (χ3v) is 8.82. The van der Waals surface area contributed by atoms with Crippen molar-refractivity contribution < 1.29 is 9.59 Å². The normalized spacial score (nSPS) is 11.5. The van der Waals surface area contributed by atoms with Crippen molar-refractivity contribution in [2.45, 2.75) is 129 Å². The molecule has 2 heteroatoms. The van der Waals surface area contributed by atoms with Crippen molar-refractivity contribution in [1.82, 2.24) is 0 Å². The van der Waals surface area contributed by atoms with Crippen LogP contribution in [-0.4, -0.2) is 6.15 Å². The van der Waals surface area contributed by atoms with Crippen LogP contribution in [0.15, 0.2) is 72.8 Å². The molecule has 0 heterocycles. The molecule has 3 aromatic rings. The van der Waals surface area contributed by atoms with E-state index in [0.29, 0.717) is 0 Å². The van der Waals surface area contributed by atoms with Crippen LogP contribution in [0.2, 0.25) is 0 Å². The molecule has 2 nitrogen and oxygen atoms in total. The lowest BCUT2D eigenvalue weighted by Crippen LogP contribution is -2.23. The number of hydrogen-bond acceptors (Lipinski definition) is 2. The van der Waals surface area contributed by atoms with E-state index in [1.165, 1.54) is 110 Å². The summed E-state index contributed by atoms with van der Waals surface area (Å²) in [5, 5.41) is 0. The van der Waals surface area contributed by atoms with Crippen molar-refractivity contribution >= 4 is 6.15 Å². The summed E-state index contributed by atoms with van der Waals surface area (Å²) in [6.45, 7) is 13.9. The van der Waals surface area contributed by atoms with Crippen LogP contribution in [-0.2, 0) is 26.8 Å². The smallest absolute Gasteiger partial charge is 0.186 e. The highest BCUT2D eigenvalue weighted by Gasteiger charge is 2.27. The first-order valence-corrected chi connectivity index (χ1v) is 15.9. The van der Waals surface area contributed by atoms with Crippen LogP contribution in [0.5, 0.6) is 0 Å². The van der Waals surface area contributed by atoms with E-state index in [1.807, 2.05) is 0 Å². The van der Waals surface area contributed by atoms with Gasteiger partial charge in [-0.3, -0.25) is 0 Å². The molecule has 0 aliphatic rings. The molecule has 0 saturated carbocycles. The van der Waals surface area contributed by atoms with Crippen molar-refractivity contribution in [2.24, 2.45) is 0 Å². The second kappa shape index (κ2) is 17.8. The minimum absolute atomic E-state index is 0.0295. The molecular weight excluding hydrogens is 500 g/mol. The van der Waals surface area contributed by atoms with Crippen LogP contribution < -0.4 is 0 Å². The molecular formula is C39H54O2. The molecule has 0 bridgehead atoms. The van der Waals surface area contributed by atoms with E-state index >= 15 is 0 Å². The van der Waals surface area contributed by atoms with Crippen molar-refractivity contribution in [3.8, 4) is 0 Å². The monoisotopic (exact) mass is 554 g/mol. The summed E-state index contributed by atoms with van der Waals surface area (Å²) in [7, 11) is 0. The second-order valence-corrected chi connectivity index (χ2v) is 12.8. The number of hydrogen-bond donors (Lipinski definition) is 0. The van der Waals surface area contributed by atoms with Crippen molar-refractivity contribution in [1.29, 1.82) is 0 Å². The van der Waals surface area contributed by atoms with Crippen LogP contribution in [0.4, 0.5) is 0 Å². The van der Waals surface area contributed by atoms with E-state index in [1.54, 1.807) is 0 Å².